The molecular formula is C33H19N3O. The second kappa shape index (κ2) is 7.70. The first-order chi connectivity index (χ1) is 18.3. The van der Waals surface area contributed by atoms with Gasteiger partial charge in [-0.15, -0.1) is 0 Å². The highest BCUT2D eigenvalue weighted by Gasteiger charge is 2.18. The van der Waals surface area contributed by atoms with Crippen LogP contribution < -0.4 is 0 Å². The van der Waals surface area contributed by atoms with Crippen LogP contribution in [-0.4, -0.2) is 15.0 Å². The Morgan fingerprint density at radius 1 is 0.568 bits per heavy atom. The van der Waals surface area contributed by atoms with Gasteiger partial charge in [0.2, 0.25) is 0 Å². The van der Waals surface area contributed by atoms with Gasteiger partial charge in [-0.2, -0.15) is 0 Å². The fourth-order valence-corrected chi connectivity index (χ4v) is 5.33. The van der Waals surface area contributed by atoms with Gasteiger partial charge in [0.15, 0.2) is 0 Å². The Morgan fingerprint density at radius 2 is 1.35 bits per heavy atom. The Balaban J connectivity index is 1.38. The molecule has 0 atom stereocenters. The highest BCUT2D eigenvalue weighted by molar-refractivity contribution is 6.19. The Labute approximate surface area is 211 Å². The molecule has 0 bridgehead atoms. The molecule has 4 aromatic heterocycles. The lowest BCUT2D eigenvalue weighted by Crippen LogP contribution is -1.91. The maximum atomic E-state index is 6.37. The van der Waals surface area contributed by atoms with Crippen LogP contribution in [0, 0.1) is 0 Å². The van der Waals surface area contributed by atoms with Gasteiger partial charge >= 0.3 is 0 Å². The Morgan fingerprint density at radius 3 is 2.30 bits per heavy atom. The molecule has 4 heteroatoms. The SMILES string of the molecule is c1cc(-c2ccc3ccc4cccnc4c3n2)cc(-c2nc3ccccc3c3oc4ccccc4c23)c1. The number of nitrogens with zero attached hydrogens (tertiary/aromatic N) is 3. The van der Waals surface area contributed by atoms with Gasteiger partial charge < -0.3 is 4.42 Å². The second-order valence-corrected chi connectivity index (χ2v) is 9.27. The van der Waals surface area contributed by atoms with Crippen LogP contribution >= 0.6 is 0 Å². The molecule has 172 valence electrons. The van der Waals surface area contributed by atoms with E-state index >= 15 is 0 Å². The zero-order chi connectivity index (χ0) is 24.3. The third kappa shape index (κ3) is 3.06. The molecule has 0 amide bonds. The van der Waals surface area contributed by atoms with E-state index in [4.69, 9.17) is 14.4 Å². The second-order valence-electron chi connectivity index (χ2n) is 9.27. The van der Waals surface area contributed by atoms with E-state index in [9.17, 15) is 0 Å². The molecule has 0 saturated carbocycles. The van der Waals surface area contributed by atoms with Crippen molar-refractivity contribution in [3.8, 4) is 22.5 Å². The molecule has 8 rings (SSSR count). The predicted octanol–water partition coefficient (Wildman–Crippen LogP) is 8.56. The van der Waals surface area contributed by atoms with Gasteiger partial charge in [0.05, 0.1) is 33.3 Å². The number of aromatic nitrogens is 3. The van der Waals surface area contributed by atoms with Crippen LogP contribution in [0.4, 0.5) is 0 Å². The molecule has 4 nitrogen and oxygen atoms in total. The van der Waals surface area contributed by atoms with E-state index in [2.05, 4.69) is 71.7 Å². The van der Waals surface area contributed by atoms with Crippen LogP contribution in [0.15, 0.2) is 120 Å². The molecular weight excluding hydrogens is 454 g/mol. The summed E-state index contributed by atoms with van der Waals surface area (Å²) < 4.78 is 6.37. The van der Waals surface area contributed by atoms with Gasteiger partial charge in [-0.3, -0.25) is 4.98 Å². The quantitative estimate of drug-likeness (QED) is 0.236. The van der Waals surface area contributed by atoms with Crippen LogP contribution in [0.2, 0.25) is 0 Å². The summed E-state index contributed by atoms with van der Waals surface area (Å²) in [5.41, 5.74) is 8.35. The van der Waals surface area contributed by atoms with Crippen molar-refractivity contribution in [2.45, 2.75) is 0 Å². The number of hydrogen-bond donors (Lipinski definition) is 0. The highest BCUT2D eigenvalue weighted by atomic mass is 16.3. The summed E-state index contributed by atoms with van der Waals surface area (Å²) in [6.07, 6.45) is 1.82. The number of hydrogen-bond acceptors (Lipinski definition) is 4. The van der Waals surface area contributed by atoms with Crippen molar-refractivity contribution >= 4 is 54.6 Å². The minimum atomic E-state index is 0.864. The number of pyridine rings is 3. The van der Waals surface area contributed by atoms with Crippen molar-refractivity contribution in [2.24, 2.45) is 0 Å². The van der Waals surface area contributed by atoms with Gasteiger partial charge in [0.25, 0.3) is 0 Å². The van der Waals surface area contributed by atoms with Crippen LogP contribution in [0.25, 0.3) is 77.2 Å². The van der Waals surface area contributed by atoms with Crippen molar-refractivity contribution in [3.05, 3.63) is 115 Å². The van der Waals surface area contributed by atoms with E-state index < -0.39 is 0 Å². The van der Waals surface area contributed by atoms with Crippen molar-refractivity contribution < 1.29 is 4.42 Å². The molecule has 0 aliphatic carbocycles. The summed E-state index contributed by atoms with van der Waals surface area (Å²) in [5.74, 6) is 0. The van der Waals surface area contributed by atoms with Gasteiger partial charge in [-0.1, -0.05) is 72.8 Å². The number of para-hydroxylation sites is 2. The Kier molecular flexibility index (Phi) is 4.19. The van der Waals surface area contributed by atoms with E-state index in [1.165, 1.54) is 0 Å². The summed E-state index contributed by atoms with van der Waals surface area (Å²) in [7, 11) is 0. The summed E-state index contributed by atoms with van der Waals surface area (Å²) in [6, 6.07) is 37.2. The fourth-order valence-electron chi connectivity index (χ4n) is 5.33. The Hall–Kier alpha value is -5.09. The maximum Gasteiger partial charge on any atom is 0.147 e. The van der Waals surface area contributed by atoms with E-state index in [-0.39, 0.29) is 0 Å². The average molecular weight is 474 g/mol. The average Bonchev–Trinajstić information content (AvgIpc) is 3.36. The molecule has 0 spiro atoms. The monoisotopic (exact) mass is 473 g/mol. The topological polar surface area (TPSA) is 51.8 Å². The number of benzene rings is 4. The molecule has 0 saturated heterocycles. The molecule has 4 aromatic carbocycles. The zero-order valence-corrected chi connectivity index (χ0v) is 19.7. The molecule has 0 unspecified atom stereocenters. The third-order valence-corrected chi connectivity index (χ3v) is 7.08. The Bertz CT molecular complexity index is 2160. The van der Waals surface area contributed by atoms with Crippen LogP contribution in [0.3, 0.4) is 0 Å². The highest BCUT2D eigenvalue weighted by Crippen LogP contribution is 2.40. The van der Waals surface area contributed by atoms with Gasteiger partial charge in [-0.05, 0) is 36.4 Å². The van der Waals surface area contributed by atoms with Crippen molar-refractivity contribution in [3.63, 3.8) is 0 Å². The maximum absolute atomic E-state index is 6.37. The van der Waals surface area contributed by atoms with Crippen LogP contribution in [-0.2, 0) is 0 Å². The summed E-state index contributed by atoms with van der Waals surface area (Å²) >= 11 is 0. The first-order valence-corrected chi connectivity index (χ1v) is 12.3. The first-order valence-electron chi connectivity index (χ1n) is 12.3. The molecule has 0 N–H and O–H groups in total. The van der Waals surface area contributed by atoms with Gasteiger partial charge in [-0.25, -0.2) is 9.97 Å². The molecule has 0 radical (unpaired) electrons. The normalized spacial score (nSPS) is 11.8. The lowest BCUT2D eigenvalue weighted by Gasteiger charge is -2.09. The van der Waals surface area contributed by atoms with Crippen molar-refractivity contribution in [2.75, 3.05) is 0 Å². The smallest absolute Gasteiger partial charge is 0.147 e. The standard InChI is InChI=1S/C33H19N3O/c1-3-12-27-24(10-1)33-29(25-11-2-4-13-28(25)37-33)30(36-27)23-8-5-7-22(19-23)26-17-16-21-15-14-20-9-6-18-34-31(20)32(21)35-26/h1-19H. The molecule has 37 heavy (non-hydrogen) atoms. The molecule has 4 heterocycles. The summed E-state index contributed by atoms with van der Waals surface area (Å²) in [6.45, 7) is 0. The van der Waals surface area contributed by atoms with Crippen molar-refractivity contribution in [1.29, 1.82) is 0 Å². The molecule has 0 aliphatic heterocycles. The van der Waals surface area contributed by atoms with E-state index in [1.54, 1.807) is 0 Å². The number of rotatable bonds is 2. The predicted molar refractivity (Wildman–Crippen MR) is 150 cm³/mol. The van der Waals surface area contributed by atoms with Crippen LogP contribution in [0.5, 0.6) is 0 Å². The summed E-state index contributed by atoms with van der Waals surface area (Å²) in [5, 5.41) is 5.28. The lowest BCUT2D eigenvalue weighted by atomic mass is 9.99. The third-order valence-electron chi connectivity index (χ3n) is 7.08. The zero-order valence-electron chi connectivity index (χ0n) is 19.7. The fraction of sp³-hybridized carbons (Fsp3) is 0. The number of furan rings is 1. The van der Waals surface area contributed by atoms with Crippen molar-refractivity contribution in [1.82, 2.24) is 15.0 Å². The van der Waals surface area contributed by atoms with E-state index in [0.717, 1.165) is 77.2 Å². The van der Waals surface area contributed by atoms with Crippen LogP contribution in [0.1, 0.15) is 0 Å². The molecule has 0 fully saturated rings. The first kappa shape index (κ1) is 20.1. The van der Waals surface area contributed by atoms with Gasteiger partial charge in [0, 0.05) is 38.9 Å². The van der Waals surface area contributed by atoms with Gasteiger partial charge in [0.1, 0.15) is 11.2 Å². The largest absolute Gasteiger partial charge is 0.455 e. The minimum Gasteiger partial charge on any atom is -0.455 e. The molecule has 0 aliphatic rings. The van der Waals surface area contributed by atoms with E-state index in [0.29, 0.717) is 0 Å². The molecule has 8 aromatic rings. The van der Waals surface area contributed by atoms with E-state index in [1.807, 2.05) is 48.7 Å². The summed E-state index contributed by atoms with van der Waals surface area (Å²) in [4.78, 5) is 14.8. The minimum absolute atomic E-state index is 0.864. The lowest BCUT2D eigenvalue weighted by molar-refractivity contribution is 0.672. The number of fused-ring (bicyclic) bond motifs is 8.